The standard InChI is InChI=1S/C19H30N4O4/c24-18(9-3-1-4-10-18)13-20-16-8-7-15(23(26)27)17(22-16)21-14-19(25)11-5-2-6-12-19/h7-8,24-25H,1-6,9-14H2,(H2,20,21,22). The van der Waals surface area contributed by atoms with Crippen LogP contribution in [-0.2, 0) is 0 Å². The number of nitrogens with zero attached hydrogens (tertiary/aromatic N) is 2. The zero-order valence-corrected chi connectivity index (χ0v) is 15.7. The van der Waals surface area contributed by atoms with Crippen molar-refractivity contribution in [3.05, 3.63) is 22.2 Å². The Hall–Kier alpha value is -1.93. The lowest BCUT2D eigenvalue weighted by Gasteiger charge is -2.32. The molecule has 0 saturated heterocycles. The van der Waals surface area contributed by atoms with Crippen LogP contribution in [0.3, 0.4) is 0 Å². The summed E-state index contributed by atoms with van der Waals surface area (Å²) in [5, 5.41) is 38.7. The van der Waals surface area contributed by atoms with Gasteiger partial charge in [0.2, 0.25) is 5.82 Å². The molecule has 1 heterocycles. The lowest BCUT2D eigenvalue weighted by molar-refractivity contribution is -0.384. The Morgan fingerprint density at radius 2 is 1.44 bits per heavy atom. The summed E-state index contributed by atoms with van der Waals surface area (Å²) in [7, 11) is 0. The lowest BCUT2D eigenvalue weighted by atomic mass is 9.85. The summed E-state index contributed by atoms with van der Waals surface area (Å²) in [6.45, 7) is 0.620. The maximum atomic E-state index is 11.3. The van der Waals surface area contributed by atoms with Gasteiger partial charge in [-0.05, 0) is 31.7 Å². The largest absolute Gasteiger partial charge is 0.388 e. The van der Waals surface area contributed by atoms with Gasteiger partial charge in [-0.2, -0.15) is 0 Å². The third-order valence-corrected chi connectivity index (χ3v) is 5.82. The van der Waals surface area contributed by atoms with Gasteiger partial charge in [0.05, 0.1) is 16.1 Å². The highest BCUT2D eigenvalue weighted by Crippen LogP contribution is 2.31. The van der Waals surface area contributed by atoms with Crippen LogP contribution in [0.25, 0.3) is 0 Å². The summed E-state index contributed by atoms with van der Waals surface area (Å²) in [6, 6.07) is 2.97. The predicted octanol–water partition coefficient (Wildman–Crippen LogP) is 3.20. The van der Waals surface area contributed by atoms with Gasteiger partial charge >= 0.3 is 5.69 Å². The number of pyridine rings is 1. The first kappa shape index (κ1) is 19.8. The van der Waals surface area contributed by atoms with E-state index in [2.05, 4.69) is 15.6 Å². The first-order valence-electron chi connectivity index (χ1n) is 9.97. The van der Waals surface area contributed by atoms with E-state index in [0.717, 1.165) is 51.4 Å². The van der Waals surface area contributed by atoms with Gasteiger partial charge in [-0.3, -0.25) is 10.1 Å². The molecule has 1 aromatic rings. The highest BCUT2D eigenvalue weighted by molar-refractivity contribution is 5.60. The van der Waals surface area contributed by atoms with E-state index in [9.17, 15) is 20.3 Å². The quantitative estimate of drug-likeness (QED) is 0.425. The highest BCUT2D eigenvalue weighted by atomic mass is 16.6. The van der Waals surface area contributed by atoms with Crippen molar-refractivity contribution in [2.45, 2.75) is 75.4 Å². The van der Waals surface area contributed by atoms with Crippen LogP contribution in [-0.4, -0.2) is 44.4 Å². The van der Waals surface area contributed by atoms with E-state index in [1.807, 2.05) is 0 Å². The molecule has 0 bridgehead atoms. The first-order chi connectivity index (χ1) is 12.9. The number of hydrogen-bond donors (Lipinski definition) is 4. The summed E-state index contributed by atoms with van der Waals surface area (Å²) >= 11 is 0. The van der Waals surface area contributed by atoms with Gasteiger partial charge in [-0.25, -0.2) is 4.98 Å². The summed E-state index contributed by atoms with van der Waals surface area (Å²) in [5.74, 6) is 0.636. The van der Waals surface area contributed by atoms with Gasteiger partial charge in [0.15, 0.2) is 0 Å². The molecule has 3 rings (SSSR count). The molecule has 8 heteroatoms. The summed E-state index contributed by atoms with van der Waals surface area (Å²) in [6.07, 6.45) is 9.11. The van der Waals surface area contributed by atoms with E-state index in [0.29, 0.717) is 25.2 Å². The number of nitro groups is 1. The van der Waals surface area contributed by atoms with Crippen molar-refractivity contribution in [1.29, 1.82) is 0 Å². The van der Waals surface area contributed by atoms with Crippen LogP contribution in [0, 0.1) is 10.1 Å². The second-order valence-corrected chi connectivity index (χ2v) is 8.10. The van der Waals surface area contributed by atoms with Crippen LogP contribution in [0.2, 0.25) is 0 Å². The fourth-order valence-electron chi connectivity index (χ4n) is 4.10. The monoisotopic (exact) mass is 378 g/mol. The van der Waals surface area contributed by atoms with E-state index >= 15 is 0 Å². The highest BCUT2D eigenvalue weighted by Gasteiger charge is 2.31. The smallest absolute Gasteiger partial charge is 0.311 e. The molecule has 0 unspecified atom stereocenters. The van der Waals surface area contributed by atoms with Crippen molar-refractivity contribution in [2.75, 3.05) is 23.7 Å². The molecule has 8 nitrogen and oxygen atoms in total. The molecular weight excluding hydrogens is 348 g/mol. The molecule has 0 spiro atoms. The van der Waals surface area contributed by atoms with E-state index in [4.69, 9.17) is 0 Å². The van der Waals surface area contributed by atoms with Crippen LogP contribution in [0.1, 0.15) is 64.2 Å². The van der Waals surface area contributed by atoms with Gasteiger partial charge in [-0.15, -0.1) is 0 Å². The number of aromatic nitrogens is 1. The van der Waals surface area contributed by atoms with E-state index in [1.165, 1.54) is 6.07 Å². The topological polar surface area (TPSA) is 121 Å². The molecule has 0 aromatic carbocycles. The van der Waals surface area contributed by atoms with Gasteiger partial charge < -0.3 is 20.8 Å². The minimum atomic E-state index is -0.839. The zero-order chi connectivity index (χ0) is 19.3. The molecule has 2 aliphatic rings. The first-order valence-corrected chi connectivity index (χ1v) is 9.97. The van der Waals surface area contributed by atoms with Crippen LogP contribution in [0.15, 0.2) is 12.1 Å². The van der Waals surface area contributed by atoms with Crippen molar-refractivity contribution in [1.82, 2.24) is 4.98 Å². The average molecular weight is 378 g/mol. The predicted molar refractivity (Wildman–Crippen MR) is 104 cm³/mol. The molecule has 2 fully saturated rings. The van der Waals surface area contributed by atoms with Crippen LogP contribution in [0.4, 0.5) is 17.3 Å². The van der Waals surface area contributed by atoms with E-state index in [1.54, 1.807) is 6.07 Å². The Balaban J connectivity index is 1.67. The third-order valence-electron chi connectivity index (χ3n) is 5.82. The average Bonchev–Trinajstić information content (AvgIpc) is 2.66. The molecule has 27 heavy (non-hydrogen) atoms. The third kappa shape index (κ3) is 5.29. The summed E-state index contributed by atoms with van der Waals surface area (Å²) in [5.41, 5.74) is -1.70. The molecule has 2 saturated carbocycles. The Labute approximate surface area is 159 Å². The number of anilines is 2. The second kappa shape index (κ2) is 8.39. The molecule has 0 atom stereocenters. The van der Waals surface area contributed by atoms with Gasteiger partial charge in [0.25, 0.3) is 0 Å². The van der Waals surface area contributed by atoms with E-state index in [-0.39, 0.29) is 18.1 Å². The maximum absolute atomic E-state index is 11.3. The van der Waals surface area contributed by atoms with Crippen molar-refractivity contribution >= 4 is 17.3 Å². The van der Waals surface area contributed by atoms with Crippen LogP contribution >= 0.6 is 0 Å². The molecule has 4 N–H and O–H groups in total. The Morgan fingerprint density at radius 1 is 0.926 bits per heavy atom. The minimum absolute atomic E-state index is 0.115. The normalized spacial score (nSPS) is 21.4. The van der Waals surface area contributed by atoms with Gasteiger partial charge in [-0.1, -0.05) is 38.5 Å². The fourth-order valence-corrected chi connectivity index (χ4v) is 4.10. The molecule has 0 amide bonds. The lowest BCUT2D eigenvalue weighted by Crippen LogP contribution is -2.39. The molecular formula is C19H30N4O4. The number of aliphatic hydroxyl groups is 2. The second-order valence-electron chi connectivity index (χ2n) is 8.10. The molecule has 1 aromatic heterocycles. The SMILES string of the molecule is O=[N+]([O-])c1ccc(NCC2(O)CCCCC2)nc1NCC1(O)CCCCC1. The summed E-state index contributed by atoms with van der Waals surface area (Å²) in [4.78, 5) is 15.2. The van der Waals surface area contributed by atoms with Crippen LogP contribution in [0.5, 0.6) is 0 Å². The van der Waals surface area contributed by atoms with E-state index < -0.39 is 16.1 Å². The van der Waals surface area contributed by atoms with Gasteiger partial charge in [0, 0.05) is 19.2 Å². The number of nitrogens with one attached hydrogen (secondary N) is 2. The van der Waals surface area contributed by atoms with Crippen LogP contribution < -0.4 is 10.6 Å². The number of hydrogen-bond acceptors (Lipinski definition) is 7. The van der Waals surface area contributed by atoms with Crippen molar-refractivity contribution in [3.63, 3.8) is 0 Å². The minimum Gasteiger partial charge on any atom is -0.388 e. The van der Waals surface area contributed by atoms with Crippen molar-refractivity contribution in [3.8, 4) is 0 Å². The molecule has 0 aliphatic heterocycles. The maximum Gasteiger partial charge on any atom is 0.311 e. The summed E-state index contributed by atoms with van der Waals surface area (Å²) < 4.78 is 0. The van der Waals surface area contributed by atoms with Gasteiger partial charge in [0.1, 0.15) is 5.82 Å². The molecule has 2 aliphatic carbocycles. The Morgan fingerprint density at radius 3 is 1.96 bits per heavy atom. The number of rotatable bonds is 7. The zero-order valence-electron chi connectivity index (χ0n) is 15.7. The molecule has 150 valence electrons. The molecule has 0 radical (unpaired) electrons. The van der Waals surface area contributed by atoms with Crippen molar-refractivity contribution in [2.24, 2.45) is 0 Å². The fraction of sp³-hybridized carbons (Fsp3) is 0.737. The Kier molecular flexibility index (Phi) is 6.16. The Bertz CT molecular complexity index is 655. The van der Waals surface area contributed by atoms with Crippen molar-refractivity contribution < 1.29 is 15.1 Å².